The van der Waals surface area contributed by atoms with Gasteiger partial charge in [0.1, 0.15) is 22.3 Å². The monoisotopic (exact) mass is 518 g/mol. The fourth-order valence-electron chi connectivity index (χ4n) is 5.02. The van der Waals surface area contributed by atoms with Gasteiger partial charge in [-0.15, -0.1) is 0 Å². The van der Waals surface area contributed by atoms with Gasteiger partial charge in [-0.3, -0.25) is 4.72 Å². The molecule has 0 radical (unpaired) electrons. The van der Waals surface area contributed by atoms with Crippen LogP contribution < -0.4 is 9.62 Å². The highest BCUT2D eigenvalue weighted by Gasteiger charge is 2.48. The molecule has 1 aromatic heterocycles. The number of nitrogens with zero attached hydrogens (tertiary/aromatic N) is 3. The lowest BCUT2D eigenvalue weighted by molar-refractivity contribution is -0.0689. The molecule has 3 heterocycles. The molecule has 0 spiro atoms. The standard InChI is InChI=1S/C22H26ClF3N4O3S/c1-29-10-4-3-6-16(29)22(33-2)9-11-30(13-22)15-12-14(24)21(20(26)19(15)23)34(31,32)28-18-8-5-7-17(25)27-18/h5,7-8,12,16H,3-4,6,9-11,13H2,1-2H3,(H,27,28)/t16-,22+/m0/s1. The fraction of sp³-hybridized carbons (Fsp3) is 0.500. The zero-order valence-electron chi connectivity index (χ0n) is 18.8. The van der Waals surface area contributed by atoms with Gasteiger partial charge in [-0.1, -0.05) is 24.1 Å². The first-order chi connectivity index (χ1) is 16.1. The minimum atomic E-state index is -4.77. The summed E-state index contributed by atoms with van der Waals surface area (Å²) in [5.74, 6) is -4.11. The molecule has 12 heteroatoms. The van der Waals surface area contributed by atoms with E-state index in [1.165, 1.54) is 6.07 Å². The van der Waals surface area contributed by atoms with Crippen LogP contribution in [0.5, 0.6) is 0 Å². The largest absolute Gasteiger partial charge is 0.375 e. The van der Waals surface area contributed by atoms with E-state index in [9.17, 15) is 12.8 Å². The third kappa shape index (κ3) is 4.58. The Morgan fingerprint density at radius 1 is 1.24 bits per heavy atom. The molecule has 1 aromatic carbocycles. The van der Waals surface area contributed by atoms with Gasteiger partial charge in [0.2, 0.25) is 5.95 Å². The molecule has 4 rings (SSSR count). The number of anilines is 2. The number of pyridine rings is 1. The average molecular weight is 519 g/mol. The molecule has 2 aromatic rings. The van der Waals surface area contributed by atoms with Crippen molar-refractivity contribution in [3.63, 3.8) is 0 Å². The van der Waals surface area contributed by atoms with Crippen molar-refractivity contribution >= 4 is 33.1 Å². The molecule has 186 valence electrons. The van der Waals surface area contributed by atoms with Crippen LogP contribution >= 0.6 is 11.6 Å². The Morgan fingerprint density at radius 2 is 2.00 bits per heavy atom. The lowest BCUT2D eigenvalue weighted by atomic mass is 9.85. The van der Waals surface area contributed by atoms with Crippen molar-refractivity contribution in [2.75, 3.05) is 43.4 Å². The molecule has 34 heavy (non-hydrogen) atoms. The molecule has 1 N–H and O–H groups in total. The van der Waals surface area contributed by atoms with Crippen LogP contribution in [0.3, 0.4) is 0 Å². The number of halogens is 4. The van der Waals surface area contributed by atoms with Crippen molar-refractivity contribution in [3.05, 3.63) is 46.9 Å². The number of piperidine rings is 1. The van der Waals surface area contributed by atoms with Crippen LogP contribution in [0.25, 0.3) is 0 Å². The number of likely N-dealkylation sites (tertiary alicyclic amines) is 1. The first-order valence-electron chi connectivity index (χ1n) is 10.9. The van der Waals surface area contributed by atoms with Gasteiger partial charge in [0, 0.05) is 32.3 Å². The zero-order valence-corrected chi connectivity index (χ0v) is 20.4. The number of hydrogen-bond acceptors (Lipinski definition) is 6. The maximum Gasteiger partial charge on any atom is 0.268 e. The number of nitrogens with one attached hydrogen (secondary N) is 1. The Morgan fingerprint density at radius 3 is 2.68 bits per heavy atom. The van der Waals surface area contributed by atoms with E-state index in [2.05, 4.69) is 9.88 Å². The average Bonchev–Trinajstić information content (AvgIpc) is 3.21. The summed E-state index contributed by atoms with van der Waals surface area (Å²) in [6.07, 6.45) is 3.76. The lowest BCUT2D eigenvalue weighted by Crippen LogP contribution is -2.56. The molecule has 2 fully saturated rings. The second kappa shape index (κ2) is 9.52. The van der Waals surface area contributed by atoms with Gasteiger partial charge in [0.15, 0.2) is 10.7 Å². The van der Waals surface area contributed by atoms with Crippen LogP contribution in [0.2, 0.25) is 5.02 Å². The summed E-state index contributed by atoms with van der Waals surface area (Å²) >= 11 is 6.23. The van der Waals surface area contributed by atoms with Crippen molar-refractivity contribution in [1.82, 2.24) is 9.88 Å². The van der Waals surface area contributed by atoms with Gasteiger partial charge >= 0.3 is 0 Å². The maximum atomic E-state index is 15.2. The lowest BCUT2D eigenvalue weighted by Gasteiger charge is -2.44. The third-order valence-corrected chi connectivity index (χ3v) is 8.46. The minimum Gasteiger partial charge on any atom is -0.375 e. The molecular weight excluding hydrogens is 493 g/mol. The van der Waals surface area contributed by atoms with Gasteiger partial charge in [0.25, 0.3) is 10.0 Å². The Kier molecular flexibility index (Phi) is 7.01. The van der Waals surface area contributed by atoms with Gasteiger partial charge in [0.05, 0.1) is 5.69 Å². The van der Waals surface area contributed by atoms with Crippen LogP contribution in [0, 0.1) is 17.6 Å². The van der Waals surface area contributed by atoms with Crippen LogP contribution in [0.4, 0.5) is 24.7 Å². The molecular formula is C22H26ClF3N4O3S. The number of aromatic nitrogens is 1. The normalized spacial score (nSPS) is 23.9. The van der Waals surface area contributed by atoms with Crippen LogP contribution in [0.1, 0.15) is 25.7 Å². The first-order valence-corrected chi connectivity index (χ1v) is 12.8. The molecule has 0 bridgehead atoms. The highest BCUT2D eigenvalue weighted by atomic mass is 35.5. The minimum absolute atomic E-state index is 0.0527. The highest BCUT2D eigenvalue weighted by molar-refractivity contribution is 7.92. The molecule has 0 saturated carbocycles. The zero-order chi connectivity index (χ0) is 24.7. The molecule has 0 aliphatic carbocycles. The van der Waals surface area contributed by atoms with E-state index >= 15 is 8.78 Å². The first kappa shape index (κ1) is 25.0. The summed E-state index contributed by atoms with van der Waals surface area (Å²) in [5, 5.41) is -0.516. The van der Waals surface area contributed by atoms with Crippen LogP contribution in [-0.4, -0.2) is 63.7 Å². The summed E-state index contributed by atoms with van der Waals surface area (Å²) in [4.78, 5) is 6.08. The SMILES string of the molecule is CO[C@]1([C@@H]2CCCCN2C)CCN(c2cc(F)c(S(=O)(=O)Nc3cccc(F)n3)c(F)c2Cl)C1. The summed E-state index contributed by atoms with van der Waals surface area (Å²) in [7, 11) is -1.09. The van der Waals surface area contributed by atoms with E-state index in [1.807, 2.05) is 11.8 Å². The second-order valence-corrected chi connectivity index (χ2v) is 10.7. The van der Waals surface area contributed by atoms with Crippen LogP contribution in [0.15, 0.2) is 29.2 Å². The van der Waals surface area contributed by atoms with Crippen LogP contribution in [-0.2, 0) is 14.8 Å². The number of rotatable bonds is 6. The summed E-state index contributed by atoms with van der Waals surface area (Å²) in [5.41, 5.74) is -0.488. The Balaban J connectivity index is 1.64. The Hall–Kier alpha value is -2.08. The molecule has 2 saturated heterocycles. The van der Waals surface area contributed by atoms with Crippen molar-refractivity contribution in [2.45, 2.75) is 42.2 Å². The van der Waals surface area contributed by atoms with E-state index in [1.54, 1.807) is 12.0 Å². The van der Waals surface area contributed by atoms with E-state index in [4.69, 9.17) is 16.3 Å². The molecule has 2 atom stereocenters. The number of methoxy groups -OCH3 is 1. The number of sulfonamides is 1. The van der Waals surface area contributed by atoms with Crippen molar-refractivity contribution < 1.29 is 26.3 Å². The number of hydrogen-bond donors (Lipinski definition) is 1. The third-order valence-electron chi connectivity index (χ3n) is 6.71. The van der Waals surface area contributed by atoms with Gasteiger partial charge in [-0.25, -0.2) is 22.2 Å². The molecule has 2 aliphatic heterocycles. The van der Waals surface area contributed by atoms with E-state index in [0.717, 1.165) is 44.0 Å². The summed E-state index contributed by atoms with van der Waals surface area (Å²) in [6.45, 7) is 1.74. The molecule has 7 nitrogen and oxygen atoms in total. The Bertz CT molecular complexity index is 1190. The van der Waals surface area contributed by atoms with Crippen molar-refractivity contribution in [2.24, 2.45) is 0 Å². The van der Waals surface area contributed by atoms with Gasteiger partial charge < -0.3 is 14.5 Å². The quantitative estimate of drug-likeness (QED) is 0.460. The number of benzene rings is 1. The topological polar surface area (TPSA) is 74.8 Å². The maximum absolute atomic E-state index is 15.2. The van der Waals surface area contributed by atoms with Gasteiger partial charge in [-0.05, 0) is 45.0 Å². The van der Waals surface area contributed by atoms with E-state index in [0.29, 0.717) is 19.5 Å². The smallest absolute Gasteiger partial charge is 0.268 e. The number of likely N-dealkylation sites (N-methyl/N-ethyl adjacent to an activating group) is 1. The summed E-state index contributed by atoms with van der Waals surface area (Å²) < 4.78 is 76.7. The Labute approximate surface area is 201 Å². The molecule has 2 aliphatic rings. The van der Waals surface area contributed by atoms with E-state index < -0.39 is 48.9 Å². The summed E-state index contributed by atoms with van der Waals surface area (Å²) in [6, 6.07) is 4.43. The highest BCUT2D eigenvalue weighted by Crippen LogP contribution is 2.41. The van der Waals surface area contributed by atoms with Gasteiger partial charge in [-0.2, -0.15) is 4.39 Å². The molecule has 0 amide bonds. The van der Waals surface area contributed by atoms with Crippen molar-refractivity contribution in [3.8, 4) is 0 Å². The fourth-order valence-corrected chi connectivity index (χ4v) is 6.49. The number of ether oxygens (including phenoxy) is 1. The molecule has 0 unspecified atom stereocenters. The van der Waals surface area contributed by atoms with Crippen molar-refractivity contribution in [1.29, 1.82) is 0 Å². The predicted octanol–water partition coefficient (Wildman–Crippen LogP) is 4.03. The second-order valence-electron chi connectivity index (χ2n) is 8.72. The predicted molar refractivity (Wildman–Crippen MR) is 123 cm³/mol. The van der Waals surface area contributed by atoms with E-state index in [-0.39, 0.29) is 11.7 Å².